The van der Waals surface area contributed by atoms with Crippen LogP contribution >= 0.6 is 0 Å². The van der Waals surface area contributed by atoms with Crippen molar-refractivity contribution in [1.29, 1.82) is 0 Å². The maximum atomic E-state index is 5.70. The van der Waals surface area contributed by atoms with E-state index >= 15 is 0 Å². The van der Waals surface area contributed by atoms with Crippen molar-refractivity contribution in [2.75, 3.05) is 26.4 Å². The zero-order chi connectivity index (χ0) is 12.1. The lowest BCUT2D eigenvalue weighted by Crippen LogP contribution is -2.39. The van der Waals surface area contributed by atoms with Crippen LogP contribution in [0.4, 0.5) is 0 Å². The molecule has 0 N–H and O–H groups in total. The summed E-state index contributed by atoms with van der Waals surface area (Å²) in [6, 6.07) is 0. The number of ether oxygens (including phenoxy) is 4. The first-order chi connectivity index (χ1) is 8.36. The molecule has 2 rings (SSSR count). The lowest BCUT2D eigenvalue weighted by atomic mass is 9.86. The number of rotatable bonds is 5. The molecule has 2 heterocycles. The molecule has 0 aliphatic carbocycles. The van der Waals surface area contributed by atoms with Crippen LogP contribution in [0.2, 0.25) is 0 Å². The Morgan fingerprint density at radius 3 is 2.18 bits per heavy atom. The van der Waals surface area contributed by atoms with Crippen LogP contribution in [-0.2, 0) is 18.9 Å². The van der Waals surface area contributed by atoms with Crippen molar-refractivity contribution >= 4 is 0 Å². The third-order valence-corrected chi connectivity index (χ3v) is 3.43. The van der Waals surface area contributed by atoms with E-state index < -0.39 is 0 Å². The summed E-state index contributed by atoms with van der Waals surface area (Å²) in [5.74, 6) is 1.56. The van der Waals surface area contributed by atoms with E-state index in [1.807, 2.05) is 0 Å². The molecule has 1 unspecified atom stereocenters. The average molecular weight is 243 g/mol. The van der Waals surface area contributed by atoms with Crippen molar-refractivity contribution in [2.45, 2.75) is 45.7 Å². The number of hydrogen-bond donors (Lipinski definition) is 0. The summed E-state index contributed by atoms with van der Waals surface area (Å²) < 4.78 is 22.7. The Labute approximate surface area is 104 Å². The van der Waals surface area contributed by atoms with Crippen LogP contribution in [0.15, 0.2) is 0 Å². The summed E-state index contributed by atoms with van der Waals surface area (Å²) in [5, 5.41) is 0. The summed E-state index contributed by atoms with van der Waals surface area (Å²) in [4.78, 5) is 0. The van der Waals surface area contributed by atoms with Crippen molar-refractivity contribution in [3.05, 3.63) is 5.92 Å². The predicted molar refractivity (Wildman–Crippen MR) is 63.3 cm³/mol. The zero-order valence-electron chi connectivity index (χ0n) is 10.8. The van der Waals surface area contributed by atoms with Gasteiger partial charge in [0.25, 0.3) is 0 Å². The van der Waals surface area contributed by atoms with E-state index in [2.05, 4.69) is 13.8 Å². The molecular weight excluding hydrogens is 220 g/mol. The third-order valence-electron chi connectivity index (χ3n) is 3.43. The topological polar surface area (TPSA) is 36.9 Å². The summed E-state index contributed by atoms with van der Waals surface area (Å²) in [5.41, 5.74) is 0. The van der Waals surface area contributed by atoms with Crippen LogP contribution in [0.1, 0.15) is 33.1 Å². The van der Waals surface area contributed by atoms with Crippen molar-refractivity contribution < 1.29 is 18.9 Å². The molecular formula is C13H23O4. The Balaban J connectivity index is 1.97. The van der Waals surface area contributed by atoms with Gasteiger partial charge in [-0.05, 0) is 19.3 Å². The first-order valence-electron chi connectivity index (χ1n) is 6.68. The summed E-state index contributed by atoms with van der Waals surface area (Å²) in [6.45, 7) is 7.28. The van der Waals surface area contributed by atoms with E-state index in [4.69, 9.17) is 18.9 Å². The van der Waals surface area contributed by atoms with Gasteiger partial charge in [0.1, 0.15) is 0 Å². The maximum Gasteiger partial charge on any atom is 0.164 e. The zero-order valence-corrected chi connectivity index (χ0v) is 10.8. The second-order valence-electron chi connectivity index (χ2n) is 4.48. The highest BCUT2D eigenvalue weighted by Crippen LogP contribution is 2.34. The molecule has 1 atom stereocenters. The molecule has 0 aromatic heterocycles. The molecule has 2 aliphatic rings. The standard InChI is InChI=1S/C13H23O4/c1-3-10(12-14-6-5-7-15-12)11(4-2)13-16-8-9-17-13/h11-13H,3-9H2,1-2H3. The molecule has 0 aromatic carbocycles. The molecule has 1 radical (unpaired) electrons. The van der Waals surface area contributed by atoms with E-state index in [1.54, 1.807) is 0 Å². The molecule has 99 valence electrons. The van der Waals surface area contributed by atoms with Gasteiger partial charge in [-0.1, -0.05) is 13.8 Å². The van der Waals surface area contributed by atoms with Gasteiger partial charge in [0, 0.05) is 11.8 Å². The second-order valence-corrected chi connectivity index (χ2v) is 4.48. The van der Waals surface area contributed by atoms with E-state index in [0.717, 1.165) is 32.5 Å². The van der Waals surface area contributed by atoms with Gasteiger partial charge in [0.05, 0.1) is 26.4 Å². The molecule has 0 spiro atoms. The number of hydrogen-bond acceptors (Lipinski definition) is 4. The molecule has 0 amide bonds. The molecule has 0 saturated carbocycles. The molecule has 4 heteroatoms. The van der Waals surface area contributed by atoms with Crippen LogP contribution in [0.5, 0.6) is 0 Å². The van der Waals surface area contributed by atoms with Crippen molar-refractivity contribution in [2.24, 2.45) is 5.92 Å². The van der Waals surface area contributed by atoms with E-state index in [0.29, 0.717) is 13.2 Å². The third kappa shape index (κ3) is 3.19. The van der Waals surface area contributed by atoms with Crippen LogP contribution in [0.3, 0.4) is 0 Å². The minimum absolute atomic E-state index is 0.107. The van der Waals surface area contributed by atoms with E-state index in [1.165, 1.54) is 5.92 Å². The average Bonchev–Trinajstić information content (AvgIpc) is 2.90. The van der Waals surface area contributed by atoms with E-state index in [9.17, 15) is 0 Å². The van der Waals surface area contributed by atoms with Crippen molar-refractivity contribution in [3.8, 4) is 0 Å². The van der Waals surface area contributed by atoms with Crippen LogP contribution in [-0.4, -0.2) is 39.0 Å². The van der Waals surface area contributed by atoms with Crippen molar-refractivity contribution in [1.82, 2.24) is 0 Å². The van der Waals surface area contributed by atoms with Gasteiger partial charge < -0.3 is 18.9 Å². The Kier molecular flexibility index (Phi) is 5.22. The predicted octanol–water partition coefficient (Wildman–Crippen LogP) is 2.13. The fourth-order valence-electron chi connectivity index (χ4n) is 2.54. The monoisotopic (exact) mass is 243 g/mol. The van der Waals surface area contributed by atoms with Gasteiger partial charge in [0.2, 0.25) is 0 Å². The minimum atomic E-state index is -0.161. The quantitative estimate of drug-likeness (QED) is 0.741. The lowest BCUT2D eigenvalue weighted by Gasteiger charge is -2.35. The van der Waals surface area contributed by atoms with Gasteiger partial charge in [-0.3, -0.25) is 0 Å². The van der Waals surface area contributed by atoms with Gasteiger partial charge in [-0.25, -0.2) is 0 Å². The normalized spacial score (nSPS) is 25.6. The highest BCUT2D eigenvalue weighted by Gasteiger charge is 2.38. The molecule has 17 heavy (non-hydrogen) atoms. The minimum Gasteiger partial charge on any atom is -0.352 e. The molecule has 0 bridgehead atoms. The molecule has 2 fully saturated rings. The first-order valence-corrected chi connectivity index (χ1v) is 6.68. The van der Waals surface area contributed by atoms with Gasteiger partial charge in [-0.15, -0.1) is 0 Å². The van der Waals surface area contributed by atoms with Crippen LogP contribution in [0.25, 0.3) is 0 Å². The summed E-state index contributed by atoms with van der Waals surface area (Å²) in [6.07, 6.45) is 2.67. The highest BCUT2D eigenvalue weighted by atomic mass is 16.7. The molecule has 2 saturated heterocycles. The lowest BCUT2D eigenvalue weighted by molar-refractivity contribution is -0.186. The van der Waals surface area contributed by atoms with Gasteiger partial charge in [0.15, 0.2) is 12.6 Å². The Morgan fingerprint density at radius 1 is 1.00 bits per heavy atom. The fraction of sp³-hybridized carbons (Fsp3) is 0.923. The Bertz CT molecular complexity index is 209. The molecule has 0 aromatic rings. The molecule has 2 aliphatic heterocycles. The van der Waals surface area contributed by atoms with Crippen LogP contribution in [0, 0.1) is 11.8 Å². The Morgan fingerprint density at radius 2 is 1.65 bits per heavy atom. The van der Waals surface area contributed by atoms with Gasteiger partial charge >= 0.3 is 0 Å². The van der Waals surface area contributed by atoms with E-state index in [-0.39, 0.29) is 18.5 Å². The SMILES string of the molecule is CC[C](C1OCCCO1)C(CC)C1OCCO1. The smallest absolute Gasteiger partial charge is 0.164 e. The highest BCUT2D eigenvalue weighted by molar-refractivity contribution is 5.01. The second kappa shape index (κ2) is 6.69. The van der Waals surface area contributed by atoms with Gasteiger partial charge in [-0.2, -0.15) is 0 Å². The fourth-order valence-corrected chi connectivity index (χ4v) is 2.54. The Hall–Kier alpha value is -0.160. The van der Waals surface area contributed by atoms with Crippen molar-refractivity contribution in [3.63, 3.8) is 0 Å². The largest absolute Gasteiger partial charge is 0.352 e. The summed E-state index contributed by atoms with van der Waals surface area (Å²) >= 11 is 0. The molecule has 4 nitrogen and oxygen atoms in total. The summed E-state index contributed by atoms with van der Waals surface area (Å²) in [7, 11) is 0. The van der Waals surface area contributed by atoms with Crippen LogP contribution < -0.4 is 0 Å². The maximum absolute atomic E-state index is 5.70. The first kappa shape index (κ1) is 13.3.